The van der Waals surface area contributed by atoms with Gasteiger partial charge in [0.05, 0.1) is 8.07 Å². The fraction of sp³-hybridized carbons (Fsp3) is 1.00. The van der Waals surface area contributed by atoms with Crippen LogP contribution in [-0.2, 0) is 0 Å². The average Bonchev–Trinajstić information content (AvgIpc) is 2.75. The highest BCUT2D eigenvalue weighted by Gasteiger charge is 2.52. The van der Waals surface area contributed by atoms with Crippen LogP contribution in [0, 0.1) is 5.92 Å². The van der Waals surface area contributed by atoms with Gasteiger partial charge in [0.2, 0.25) is 0 Å². The van der Waals surface area contributed by atoms with Crippen molar-refractivity contribution in [2.45, 2.75) is 151 Å². The van der Waals surface area contributed by atoms with E-state index in [1.165, 1.54) is 16.6 Å². The van der Waals surface area contributed by atoms with Crippen LogP contribution in [-0.4, -0.2) is 8.07 Å². The van der Waals surface area contributed by atoms with Gasteiger partial charge in [-0.2, -0.15) is 0 Å². The van der Waals surface area contributed by atoms with Gasteiger partial charge in [-0.15, -0.1) is 0 Å². The van der Waals surface area contributed by atoms with Crippen molar-refractivity contribution < 1.29 is 0 Å². The van der Waals surface area contributed by atoms with Gasteiger partial charge in [0, 0.05) is 0 Å². The zero-order chi connectivity index (χ0) is 17.7. The van der Waals surface area contributed by atoms with Crippen LogP contribution in [0.15, 0.2) is 0 Å². The molecule has 4 aliphatic rings. The van der Waals surface area contributed by atoms with Crippen molar-refractivity contribution >= 4 is 8.07 Å². The Labute approximate surface area is 165 Å². The Morgan fingerprint density at radius 3 is 1.04 bits per heavy atom. The van der Waals surface area contributed by atoms with Crippen molar-refractivity contribution in [3.63, 3.8) is 0 Å². The summed E-state index contributed by atoms with van der Waals surface area (Å²) in [7, 11) is -1.18. The molecule has 0 atom stereocenters. The zero-order valence-corrected chi connectivity index (χ0v) is 18.7. The van der Waals surface area contributed by atoms with Crippen LogP contribution in [0.2, 0.25) is 22.7 Å². The van der Waals surface area contributed by atoms with Crippen molar-refractivity contribution in [2.75, 3.05) is 0 Å². The van der Waals surface area contributed by atoms with E-state index in [-0.39, 0.29) is 0 Å². The van der Waals surface area contributed by atoms with Crippen LogP contribution in [0.5, 0.6) is 0 Å². The first-order valence-electron chi connectivity index (χ1n) is 12.9. The van der Waals surface area contributed by atoms with E-state index in [0.717, 1.165) is 5.92 Å². The van der Waals surface area contributed by atoms with E-state index in [4.69, 9.17) is 0 Å². The molecule has 150 valence electrons. The second-order valence-electron chi connectivity index (χ2n) is 10.8. The second kappa shape index (κ2) is 9.62. The molecule has 0 aromatic rings. The van der Waals surface area contributed by atoms with Gasteiger partial charge < -0.3 is 0 Å². The van der Waals surface area contributed by atoms with E-state index in [1.807, 2.05) is 0 Å². The lowest BCUT2D eigenvalue weighted by Gasteiger charge is -2.55. The molecule has 4 saturated carbocycles. The van der Waals surface area contributed by atoms with Crippen LogP contribution >= 0.6 is 0 Å². The molecule has 0 saturated heterocycles. The maximum atomic E-state index is 1.80. The van der Waals surface area contributed by atoms with E-state index >= 15 is 0 Å². The Morgan fingerprint density at radius 1 is 0.385 bits per heavy atom. The van der Waals surface area contributed by atoms with E-state index in [2.05, 4.69) is 0 Å². The molecule has 4 fully saturated rings. The minimum Gasteiger partial charge on any atom is -0.0536 e. The fourth-order valence-corrected chi connectivity index (χ4v) is 17.2. The third-order valence-electron chi connectivity index (χ3n) is 9.46. The van der Waals surface area contributed by atoms with Gasteiger partial charge >= 0.3 is 0 Å². The summed E-state index contributed by atoms with van der Waals surface area (Å²) in [4.78, 5) is 0. The Bertz CT molecular complexity index is 347. The third-order valence-corrected chi connectivity index (χ3v) is 17.0. The molecule has 0 aliphatic heterocycles. The highest BCUT2D eigenvalue weighted by Crippen LogP contribution is 2.60. The van der Waals surface area contributed by atoms with Gasteiger partial charge in [0.15, 0.2) is 0 Å². The van der Waals surface area contributed by atoms with Crippen LogP contribution in [0.4, 0.5) is 0 Å². The van der Waals surface area contributed by atoms with Crippen LogP contribution in [0.25, 0.3) is 0 Å². The molecule has 4 aliphatic carbocycles. The Hall–Kier alpha value is 0.217. The molecule has 4 rings (SSSR count). The van der Waals surface area contributed by atoms with E-state index < -0.39 is 8.07 Å². The van der Waals surface area contributed by atoms with Gasteiger partial charge in [-0.25, -0.2) is 0 Å². The molecule has 0 spiro atoms. The van der Waals surface area contributed by atoms with Gasteiger partial charge in [-0.3, -0.25) is 0 Å². The Morgan fingerprint density at radius 2 is 0.692 bits per heavy atom. The van der Waals surface area contributed by atoms with Gasteiger partial charge in [0.1, 0.15) is 0 Å². The van der Waals surface area contributed by atoms with Crippen molar-refractivity contribution in [2.24, 2.45) is 5.92 Å². The molecule has 1 heteroatoms. The number of hydrogen-bond donors (Lipinski definition) is 0. The van der Waals surface area contributed by atoms with Crippen LogP contribution in [0.1, 0.15) is 128 Å². The normalized spacial score (nSPS) is 29.1. The zero-order valence-electron chi connectivity index (χ0n) is 17.7. The lowest BCUT2D eigenvalue weighted by molar-refractivity contribution is 0.358. The second-order valence-corrected chi connectivity index (χ2v) is 15.9. The molecular weight excluding hydrogens is 328 g/mol. The van der Waals surface area contributed by atoms with Crippen molar-refractivity contribution in [1.82, 2.24) is 0 Å². The van der Waals surface area contributed by atoms with Crippen molar-refractivity contribution in [3.05, 3.63) is 0 Å². The van der Waals surface area contributed by atoms with E-state index in [9.17, 15) is 0 Å². The van der Waals surface area contributed by atoms with Crippen molar-refractivity contribution in [3.8, 4) is 0 Å². The SMILES string of the molecule is C1CCC(C[Si](C2CCCCC2)(C2CCCCC2)C2CCCCC2)CC1. The molecule has 0 radical (unpaired) electrons. The van der Waals surface area contributed by atoms with Crippen LogP contribution in [0.3, 0.4) is 0 Å². The van der Waals surface area contributed by atoms with Crippen molar-refractivity contribution in [1.29, 1.82) is 0 Å². The fourth-order valence-electron chi connectivity index (χ4n) is 8.31. The Kier molecular flexibility index (Phi) is 7.22. The van der Waals surface area contributed by atoms with Gasteiger partial charge in [-0.05, 0) is 22.5 Å². The van der Waals surface area contributed by atoms with Crippen LogP contribution < -0.4 is 0 Å². The van der Waals surface area contributed by atoms with Gasteiger partial charge in [-0.1, -0.05) is 134 Å². The third kappa shape index (κ3) is 4.28. The molecule has 0 aromatic heterocycles. The molecule has 0 N–H and O–H groups in total. The minimum absolute atomic E-state index is 1.15. The predicted octanol–water partition coefficient (Wildman–Crippen LogP) is 9.02. The molecule has 0 heterocycles. The maximum Gasteiger partial charge on any atom is 0.0631 e. The quantitative estimate of drug-likeness (QED) is 0.421. The summed E-state index contributed by atoms with van der Waals surface area (Å²) >= 11 is 0. The monoisotopic (exact) mass is 374 g/mol. The topological polar surface area (TPSA) is 0 Å². The summed E-state index contributed by atoms with van der Waals surface area (Å²) in [5, 5.41) is 0. The Balaban J connectivity index is 1.64. The lowest BCUT2D eigenvalue weighted by Crippen LogP contribution is -2.52. The molecule has 0 unspecified atom stereocenters. The summed E-state index contributed by atoms with van der Waals surface area (Å²) < 4.78 is 0. The predicted molar refractivity (Wildman–Crippen MR) is 118 cm³/mol. The minimum atomic E-state index is -1.18. The van der Waals surface area contributed by atoms with Gasteiger partial charge in [0.25, 0.3) is 0 Å². The first kappa shape index (κ1) is 19.5. The first-order chi connectivity index (χ1) is 12.9. The summed E-state index contributed by atoms with van der Waals surface area (Å²) in [6, 6.07) is 1.80. The van der Waals surface area contributed by atoms with E-state index in [1.54, 1.807) is 134 Å². The molecular formula is C25H46Si. The summed E-state index contributed by atoms with van der Waals surface area (Å²) in [5.41, 5.74) is 3.72. The molecule has 0 aromatic carbocycles. The van der Waals surface area contributed by atoms with E-state index in [0.29, 0.717) is 0 Å². The molecule has 0 bridgehead atoms. The highest BCUT2D eigenvalue weighted by atomic mass is 28.3. The standard InChI is InChI=1S/C25H46Si/c1-5-13-22(14-6-1)21-26(23-15-7-2-8-16-23,24-17-9-3-10-18-24)25-19-11-4-12-20-25/h22-25H,1-21H2. The largest absolute Gasteiger partial charge is 0.0631 e. The summed E-state index contributed by atoms with van der Waals surface area (Å²) in [5.74, 6) is 1.15. The molecule has 0 amide bonds. The lowest BCUT2D eigenvalue weighted by atomic mass is 9.91. The highest BCUT2D eigenvalue weighted by molar-refractivity contribution is 6.84. The molecule has 0 nitrogen and oxygen atoms in total. The molecule has 26 heavy (non-hydrogen) atoms. The smallest absolute Gasteiger partial charge is 0.0536 e. The first-order valence-corrected chi connectivity index (χ1v) is 15.3. The summed E-state index contributed by atoms with van der Waals surface area (Å²) in [6.07, 6.45) is 32.0. The maximum absolute atomic E-state index is 1.80. The number of hydrogen-bond acceptors (Lipinski definition) is 0. The summed E-state index contributed by atoms with van der Waals surface area (Å²) in [6.45, 7) is 0. The average molecular weight is 375 g/mol. The number of rotatable bonds is 5.